The third-order valence-electron chi connectivity index (χ3n) is 2.02. The Kier molecular flexibility index (Phi) is 4.92. The van der Waals surface area contributed by atoms with E-state index in [0.29, 0.717) is 11.5 Å². The van der Waals surface area contributed by atoms with E-state index >= 15 is 0 Å². The lowest BCUT2D eigenvalue weighted by atomic mass is 10.1. The lowest BCUT2D eigenvalue weighted by molar-refractivity contribution is -0.141. The van der Waals surface area contributed by atoms with E-state index in [4.69, 9.17) is 21.7 Å². The number of hydrogen-bond acceptors (Lipinski definition) is 4. The maximum absolute atomic E-state index is 11.2. The predicted octanol–water partition coefficient (Wildman–Crippen LogP) is 2.37. The number of thiocarbonyl (C=S) groups is 1. The molecular weight excluding hydrogens is 224 g/mol. The number of carbonyl (C=O) groups is 1. The van der Waals surface area contributed by atoms with Crippen molar-refractivity contribution in [1.82, 2.24) is 0 Å². The van der Waals surface area contributed by atoms with E-state index in [1.165, 1.54) is 0 Å². The third-order valence-corrected chi connectivity index (χ3v) is 2.40. The lowest BCUT2D eigenvalue weighted by Gasteiger charge is -2.05. The molecule has 0 radical (unpaired) electrons. The van der Waals surface area contributed by atoms with Crippen molar-refractivity contribution in [1.29, 1.82) is 0 Å². The topological polar surface area (TPSA) is 35.5 Å². The van der Waals surface area contributed by atoms with Crippen molar-refractivity contribution in [2.75, 3.05) is 13.7 Å². The molecular formula is C12H14O3S. The van der Waals surface area contributed by atoms with Gasteiger partial charge in [0.15, 0.2) is 0 Å². The molecule has 0 heterocycles. The van der Waals surface area contributed by atoms with Crippen LogP contribution in [0.15, 0.2) is 24.3 Å². The molecule has 0 spiro atoms. The van der Waals surface area contributed by atoms with E-state index in [-0.39, 0.29) is 12.4 Å². The fourth-order valence-corrected chi connectivity index (χ4v) is 1.48. The van der Waals surface area contributed by atoms with Crippen LogP contribution in [-0.2, 0) is 9.53 Å². The molecule has 4 heteroatoms. The lowest BCUT2D eigenvalue weighted by Crippen LogP contribution is -2.10. The predicted molar refractivity (Wildman–Crippen MR) is 65.9 cm³/mol. The number of carbonyl (C=O) groups excluding carboxylic acids is 1. The Balaban J connectivity index is 2.62. The summed E-state index contributed by atoms with van der Waals surface area (Å²) in [5.41, 5.74) is 0.851. The molecule has 0 unspecified atom stereocenters. The maximum Gasteiger partial charge on any atom is 0.311 e. The van der Waals surface area contributed by atoms with Crippen LogP contribution in [0.5, 0.6) is 5.75 Å². The van der Waals surface area contributed by atoms with Crippen LogP contribution in [0.3, 0.4) is 0 Å². The molecule has 0 saturated heterocycles. The summed E-state index contributed by atoms with van der Waals surface area (Å²) in [6.45, 7) is 2.15. The van der Waals surface area contributed by atoms with Crippen LogP contribution in [0.2, 0.25) is 0 Å². The summed E-state index contributed by atoms with van der Waals surface area (Å²) >= 11 is 5.15. The molecule has 0 saturated carbocycles. The zero-order valence-electron chi connectivity index (χ0n) is 9.36. The van der Waals surface area contributed by atoms with E-state index < -0.39 is 0 Å². The quantitative estimate of drug-likeness (QED) is 0.448. The summed E-state index contributed by atoms with van der Waals surface area (Å²) in [4.78, 5) is 11.8. The molecule has 0 aliphatic heterocycles. The molecule has 3 nitrogen and oxygen atoms in total. The van der Waals surface area contributed by atoms with Gasteiger partial charge in [-0.05, 0) is 24.6 Å². The first-order chi connectivity index (χ1) is 7.67. The Labute approximate surface area is 100 Å². The second-order valence-corrected chi connectivity index (χ2v) is 3.63. The van der Waals surface area contributed by atoms with Crippen molar-refractivity contribution in [3.63, 3.8) is 0 Å². The normalized spacial score (nSPS) is 9.62. The van der Waals surface area contributed by atoms with E-state index in [0.717, 1.165) is 11.3 Å². The van der Waals surface area contributed by atoms with E-state index in [2.05, 4.69) is 0 Å². The largest absolute Gasteiger partial charge is 0.497 e. The van der Waals surface area contributed by atoms with Crippen molar-refractivity contribution in [2.24, 2.45) is 0 Å². The van der Waals surface area contributed by atoms with Gasteiger partial charge in [-0.3, -0.25) is 4.79 Å². The van der Waals surface area contributed by atoms with Crippen LogP contribution in [0, 0.1) is 0 Å². The molecule has 0 N–H and O–H groups in total. The van der Waals surface area contributed by atoms with Crippen molar-refractivity contribution in [2.45, 2.75) is 13.3 Å². The molecule has 1 aromatic rings. The molecule has 0 aliphatic carbocycles. The minimum atomic E-state index is -0.289. The zero-order valence-corrected chi connectivity index (χ0v) is 10.2. The van der Waals surface area contributed by atoms with Crippen LogP contribution in [0.25, 0.3) is 0 Å². The Morgan fingerprint density at radius 3 is 2.44 bits per heavy atom. The third kappa shape index (κ3) is 3.62. The minimum absolute atomic E-state index is 0.148. The van der Waals surface area contributed by atoms with Gasteiger partial charge in [-0.1, -0.05) is 24.4 Å². The molecule has 0 aliphatic rings. The van der Waals surface area contributed by atoms with Crippen LogP contribution < -0.4 is 4.74 Å². The van der Waals surface area contributed by atoms with Crippen molar-refractivity contribution in [3.8, 4) is 5.75 Å². The molecule has 0 bridgehead atoms. The smallest absolute Gasteiger partial charge is 0.311 e. The Bertz CT molecular complexity index is 370. The molecule has 0 amide bonds. The maximum atomic E-state index is 11.2. The summed E-state index contributed by atoms with van der Waals surface area (Å²) < 4.78 is 9.86. The molecule has 16 heavy (non-hydrogen) atoms. The van der Waals surface area contributed by atoms with Gasteiger partial charge in [0, 0.05) is 4.86 Å². The number of rotatable bonds is 5. The Hall–Kier alpha value is -1.42. The van der Waals surface area contributed by atoms with Gasteiger partial charge in [0.05, 0.1) is 20.1 Å². The molecule has 0 aromatic heterocycles. The summed E-state index contributed by atoms with van der Waals surface area (Å²) in [5, 5.41) is 0. The molecule has 0 fully saturated rings. The molecule has 86 valence electrons. The van der Waals surface area contributed by atoms with Crippen molar-refractivity contribution in [3.05, 3.63) is 29.8 Å². The Morgan fingerprint density at radius 2 is 1.94 bits per heavy atom. The van der Waals surface area contributed by atoms with Gasteiger partial charge in [-0.25, -0.2) is 0 Å². The average Bonchev–Trinajstić information content (AvgIpc) is 2.29. The van der Waals surface area contributed by atoms with Gasteiger partial charge >= 0.3 is 5.97 Å². The first-order valence-corrected chi connectivity index (χ1v) is 5.41. The number of benzene rings is 1. The number of hydrogen-bond donors (Lipinski definition) is 0. The highest BCUT2D eigenvalue weighted by molar-refractivity contribution is 7.80. The van der Waals surface area contributed by atoms with Crippen LogP contribution in [0.4, 0.5) is 0 Å². The second kappa shape index (κ2) is 6.23. The highest BCUT2D eigenvalue weighted by atomic mass is 32.1. The highest BCUT2D eigenvalue weighted by Crippen LogP contribution is 2.13. The first kappa shape index (κ1) is 12.6. The zero-order chi connectivity index (χ0) is 12.0. The van der Waals surface area contributed by atoms with Crippen LogP contribution in [0.1, 0.15) is 18.9 Å². The molecule has 1 aromatic carbocycles. The van der Waals surface area contributed by atoms with Crippen LogP contribution in [-0.4, -0.2) is 24.6 Å². The SMILES string of the molecule is CCOC(=O)CC(=S)c1ccc(OC)cc1. The fraction of sp³-hybridized carbons (Fsp3) is 0.333. The Morgan fingerprint density at radius 1 is 1.31 bits per heavy atom. The van der Waals surface area contributed by atoms with Crippen LogP contribution >= 0.6 is 12.2 Å². The van der Waals surface area contributed by atoms with Gasteiger partial charge in [-0.2, -0.15) is 0 Å². The van der Waals surface area contributed by atoms with Crippen molar-refractivity contribution < 1.29 is 14.3 Å². The fourth-order valence-electron chi connectivity index (χ4n) is 1.22. The number of methoxy groups -OCH3 is 1. The highest BCUT2D eigenvalue weighted by Gasteiger charge is 2.08. The molecule has 0 atom stereocenters. The van der Waals surface area contributed by atoms with E-state index in [1.807, 2.05) is 24.3 Å². The second-order valence-electron chi connectivity index (χ2n) is 3.13. The summed E-state index contributed by atoms with van der Waals surface area (Å²) in [7, 11) is 1.60. The van der Waals surface area contributed by atoms with E-state index in [9.17, 15) is 4.79 Å². The molecule has 1 rings (SSSR count). The monoisotopic (exact) mass is 238 g/mol. The minimum Gasteiger partial charge on any atom is -0.497 e. The standard InChI is InChI=1S/C12H14O3S/c1-3-15-12(13)8-11(16)9-4-6-10(14-2)7-5-9/h4-7H,3,8H2,1-2H3. The summed E-state index contributed by atoms with van der Waals surface area (Å²) in [6, 6.07) is 7.29. The van der Waals surface area contributed by atoms with Gasteiger partial charge < -0.3 is 9.47 Å². The van der Waals surface area contributed by atoms with Gasteiger partial charge in [0.25, 0.3) is 0 Å². The van der Waals surface area contributed by atoms with Gasteiger partial charge in [0.2, 0.25) is 0 Å². The average molecular weight is 238 g/mol. The van der Waals surface area contributed by atoms with Gasteiger partial charge in [-0.15, -0.1) is 0 Å². The van der Waals surface area contributed by atoms with Gasteiger partial charge in [0.1, 0.15) is 5.75 Å². The number of ether oxygens (including phenoxy) is 2. The van der Waals surface area contributed by atoms with Crippen molar-refractivity contribution >= 4 is 23.1 Å². The number of esters is 1. The first-order valence-electron chi connectivity index (χ1n) is 5.00. The summed E-state index contributed by atoms with van der Waals surface area (Å²) in [5.74, 6) is 0.478. The summed E-state index contributed by atoms with van der Waals surface area (Å²) in [6.07, 6.45) is 0.148. The van der Waals surface area contributed by atoms with E-state index in [1.54, 1.807) is 14.0 Å².